The first kappa shape index (κ1) is 16.4. The van der Waals surface area contributed by atoms with Crippen LogP contribution in [0.3, 0.4) is 0 Å². The minimum atomic E-state index is 0.135. The molecule has 0 unspecified atom stereocenters. The van der Waals surface area contributed by atoms with Gasteiger partial charge in [-0.1, -0.05) is 41.9 Å². The lowest BCUT2D eigenvalue weighted by Gasteiger charge is -2.35. The van der Waals surface area contributed by atoms with Crippen molar-refractivity contribution >= 4 is 28.6 Å². The summed E-state index contributed by atoms with van der Waals surface area (Å²) in [4.78, 5) is 7.16. The summed E-state index contributed by atoms with van der Waals surface area (Å²) in [7, 11) is 0. The molecule has 1 aliphatic heterocycles. The van der Waals surface area contributed by atoms with Gasteiger partial charge in [0.2, 0.25) is 5.95 Å². The topological polar surface area (TPSA) is 41.3 Å². The van der Waals surface area contributed by atoms with Crippen LogP contribution in [0.2, 0.25) is 5.02 Å². The molecule has 0 amide bonds. The van der Waals surface area contributed by atoms with Crippen molar-refractivity contribution in [1.82, 2.24) is 9.55 Å². The summed E-state index contributed by atoms with van der Waals surface area (Å²) < 4.78 is 2.23. The summed E-state index contributed by atoms with van der Waals surface area (Å²) in [6.45, 7) is 1.76. The highest BCUT2D eigenvalue weighted by Gasteiger charge is 2.26. The molecule has 0 spiro atoms. The molecule has 0 saturated carbocycles. The van der Waals surface area contributed by atoms with Crippen LogP contribution in [0.25, 0.3) is 11.0 Å². The molecule has 2 heterocycles. The number of piperidine rings is 1. The van der Waals surface area contributed by atoms with E-state index in [2.05, 4.69) is 21.6 Å². The number of halogens is 1. The zero-order chi connectivity index (χ0) is 17.2. The number of aliphatic hydroxyl groups is 1. The summed E-state index contributed by atoms with van der Waals surface area (Å²) in [6, 6.07) is 16.3. The van der Waals surface area contributed by atoms with Gasteiger partial charge in [-0.3, -0.25) is 0 Å². The molecule has 1 atom stereocenters. The highest BCUT2D eigenvalue weighted by atomic mass is 35.5. The first-order chi connectivity index (χ1) is 12.3. The van der Waals surface area contributed by atoms with Crippen molar-refractivity contribution < 1.29 is 5.11 Å². The van der Waals surface area contributed by atoms with Gasteiger partial charge in [-0.15, -0.1) is 0 Å². The summed E-state index contributed by atoms with van der Waals surface area (Å²) in [5, 5.41) is 10.6. The molecule has 1 saturated heterocycles. The van der Waals surface area contributed by atoms with Gasteiger partial charge in [0.05, 0.1) is 30.2 Å². The van der Waals surface area contributed by atoms with Crippen LogP contribution < -0.4 is 4.90 Å². The zero-order valence-corrected chi connectivity index (χ0v) is 14.9. The number of benzene rings is 2. The number of rotatable bonds is 4. The summed E-state index contributed by atoms with van der Waals surface area (Å²) in [5.74, 6) is 0.930. The molecule has 4 nitrogen and oxygen atoms in total. The Bertz CT molecular complexity index is 876. The van der Waals surface area contributed by atoms with Crippen molar-refractivity contribution in [2.45, 2.75) is 31.8 Å². The number of nitrogens with zero attached hydrogens (tertiary/aromatic N) is 3. The molecule has 4 rings (SSSR count). The fraction of sp³-hybridized carbons (Fsp3) is 0.350. The molecule has 130 valence electrons. The molecular formula is C20H22ClN3O. The van der Waals surface area contributed by atoms with Crippen molar-refractivity contribution in [1.29, 1.82) is 0 Å². The Morgan fingerprint density at radius 1 is 1.08 bits per heavy atom. The van der Waals surface area contributed by atoms with E-state index in [9.17, 15) is 5.11 Å². The van der Waals surface area contributed by atoms with Crippen molar-refractivity contribution in [2.24, 2.45) is 0 Å². The Labute approximate surface area is 152 Å². The van der Waals surface area contributed by atoms with Crippen LogP contribution in [-0.4, -0.2) is 33.9 Å². The third-order valence-corrected chi connectivity index (χ3v) is 5.38. The number of imidazole rings is 1. The second-order valence-corrected chi connectivity index (χ2v) is 7.01. The monoisotopic (exact) mass is 355 g/mol. The maximum absolute atomic E-state index is 9.82. The van der Waals surface area contributed by atoms with Gasteiger partial charge in [-0.2, -0.15) is 0 Å². The lowest BCUT2D eigenvalue weighted by atomic mass is 10.0. The SMILES string of the molecule is OC[C@@H]1CCCCN1c1nc2ccccc2n1Cc1ccccc1Cl. The minimum Gasteiger partial charge on any atom is -0.394 e. The fourth-order valence-corrected chi connectivity index (χ4v) is 3.88. The van der Waals surface area contributed by atoms with Gasteiger partial charge in [0.1, 0.15) is 0 Å². The third kappa shape index (κ3) is 3.12. The number of hydrogen-bond acceptors (Lipinski definition) is 3. The van der Waals surface area contributed by atoms with Crippen LogP contribution in [0.15, 0.2) is 48.5 Å². The molecule has 1 aliphatic rings. The molecule has 0 radical (unpaired) electrons. The standard InChI is InChI=1S/C20H22ClN3O/c21-17-9-2-1-7-15(17)13-24-19-11-4-3-10-18(19)22-20(24)23-12-6-5-8-16(23)14-25/h1-4,7,9-11,16,25H,5-6,8,12-14H2/t16-/m0/s1. The van der Waals surface area contributed by atoms with E-state index < -0.39 is 0 Å². The van der Waals surface area contributed by atoms with Crippen LogP contribution in [0.5, 0.6) is 0 Å². The minimum absolute atomic E-state index is 0.135. The van der Waals surface area contributed by atoms with Crippen molar-refractivity contribution in [3.8, 4) is 0 Å². The number of para-hydroxylation sites is 2. The number of fused-ring (bicyclic) bond motifs is 1. The van der Waals surface area contributed by atoms with E-state index in [1.165, 1.54) is 0 Å². The molecule has 1 N–H and O–H groups in total. The third-order valence-electron chi connectivity index (χ3n) is 5.02. The van der Waals surface area contributed by atoms with Crippen molar-refractivity contribution in [3.05, 3.63) is 59.1 Å². The van der Waals surface area contributed by atoms with E-state index in [4.69, 9.17) is 16.6 Å². The highest BCUT2D eigenvalue weighted by Crippen LogP contribution is 2.30. The molecule has 3 aromatic rings. The number of aliphatic hydroxyl groups excluding tert-OH is 1. The fourth-order valence-electron chi connectivity index (χ4n) is 3.69. The average Bonchev–Trinajstić information content (AvgIpc) is 3.02. The average molecular weight is 356 g/mol. The Morgan fingerprint density at radius 2 is 1.88 bits per heavy atom. The molecule has 2 aromatic carbocycles. The van der Waals surface area contributed by atoms with Crippen LogP contribution in [0.1, 0.15) is 24.8 Å². The second-order valence-electron chi connectivity index (χ2n) is 6.60. The molecular weight excluding hydrogens is 334 g/mol. The smallest absolute Gasteiger partial charge is 0.207 e. The molecule has 1 aromatic heterocycles. The molecule has 25 heavy (non-hydrogen) atoms. The van der Waals surface area contributed by atoms with Gasteiger partial charge < -0.3 is 14.6 Å². The van der Waals surface area contributed by atoms with Gasteiger partial charge in [-0.05, 0) is 43.0 Å². The van der Waals surface area contributed by atoms with Gasteiger partial charge >= 0.3 is 0 Å². The van der Waals surface area contributed by atoms with E-state index >= 15 is 0 Å². The van der Waals surface area contributed by atoms with Gasteiger partial charge in [0.25, 0.3) is 0 Å². The quantitative estimate of drug-likeness (QED) is 0.766. The normalized spacial score (nSPS) is 18.0. The Hall–Kier alpha value is -2.04. The first-order valence-corrected chi connectivity index (χ1v) is 9.22. The van der Waals surface area contributed by atoms with Gasteiger partial charge in [-0.25, -0.2) is 4.98 Å². The molecule has 1 fully saturated rings. The van der Waals surface area contributed by atoms with Crippen LogP contribution >= 0.6 is 11.6 Å². The van der Waals surface area contributed by atoms with E-state index in [-0.39, 0.29) is 12.6 Å². The van der Waals surface area contributed by atoms with E-state index in [0.717, 1.165) is 53.4 Å². The summed E-state index contributed by atoms with van der Waals surface area (Å²) in [5.41, 5.74) is 3.15. The van der Waals surface area contributed by atoms with Crippen LogP contribution in [-0.2, 0) is 6.54 Å². The van der Waals surface area contributed by atoms with Crippen molar-refractivity contribution in [3.63, 3.8) is 0 Å². The predicted octanol–water partition coefficient (Wildman–Crippen LogP) is 4.09. The van der Waals surface area contributed by atoms with E-state index in [1.807, 2.05) is 36.4 Å². The van der Waals surface area contributed by atoms with Gasteiger partial charge in [0, 0.05) is 11.6 Å². The largest absolute Gasteiger partial charge is 0.394 e. The Kier molecular flexibility index (Phi) is 4.64. The lowest BCUT2D eigenvalue weighted by Crippen LogP contribution is -2.43. The maximum atomic E-state index is 9.82. The summed E-state index contributed by atoms with van der Waals surface area (Å²) in [6.07, 6.45) is 3.30. The maximum Gasteiger partial charge on any atom is 0.207 e. The zero-order valence-electron chi connectivity index (χ0n) is 14.1. The van der Waals surface area contributed by atoms with Crippen LogP contribution in [0.4, 0.5) is 5.95 Å². The highest BCUT2D eigenvalue weighted by molar-refractivity contribution is 6.31. The van der Waals surface area contributed by atoms with E-state index in [1.54, 1.807) is 0 Å². The number of aromatic nitrogens is 2. The van der Waals surface area contributed by atoms with Crippen molar-refractivity contribution in [2.75, 3.05) is 18.1 Å². The predicted molar refractivity (Wildman–Crippen MR) is 102 cm³/mol. The van der Waals surface area contributed by atoms with Gasteiger partial charge in [0.15, 0.2) is 0 Å². The molecule has 5 heteroatoms. The lowest BCUT2D eigenvalue weighted by molar-refractivity contribution is 0.238. The second kappa shape index (κ2) is 7.06. The Morgan fingerprint density at radius 3 is 2.72 bits per heavy atom. The molecule has 0 aliphatic carbocycles. The summed E-state index contributed by atoms with van der Waals surface area (Å²) >= 11 is 6.40. The van der Waals surface area contributed by atoms with E-state index in [0.29, 0.717) is 6.54 Å². The number of hydrogen-bond donors (Lipinski definition) is 1. The number of anilines is 1. The first-order valence-electron chi connectivity index (χ1n) is 8.84. The Balaban J connectivity index is 1.82. The molecule has 0 bridgehead atoms. The van der Waals surface area contributed by atoms with Crippen LogP contribution in [0, 0.1) is 0 Å².